The molecule has 0 aromatic carbocycles. The Morgan fingerprint density at radius 3 is 3.00 bits per heavy atom. The lowest BCUT2D eigenvalue weighted by Gasteiger charge is -2.01. The van der Waals surface area contributed by atoms with E-state index in [4.69, 9.17) is 9.52 Å². The summed E-state index contributed by atoms with van der Waals surface area (Å²) in [6.07, 6.45) is 2.61. The molecule has 2 aromatic heterocycles. The lowest BCUT2D eigenvalue weighted by Crippen LogP contribution is -2.20. The smallest absolute Gasteiger partial charge is 0.357 e. The highest BCUT2D eigenvalue weighted by atomic mass is 79.9. The summed E-state index contributed by atoms with van der Waals surface area (Å²) in [6, 6.07) is 3.31. The van der Waals surface area contributed by atoms with Gasteiger partial charge in [-0.15, -0.1) is 0 Å². The second-order valence-electron chi connectivity index (χ2n) is 3.22. The SMILES string of the molecule is O=C(O)c1coc(Cn2cccc(Br)c2=O)n1. The van der Waals surface area contributed by atoms with Gasteiger partial charge in [-0.25, -0.2) is 9.78 Å². The normalized spacial score (nSPS) is 10.4. The maximum absolute atomic E-state index is 11.6. The number of carboxylic acids is 1. The van der Waals surface area contributed by atoms with Gasteiger partial charge in [-0.1, -0.05) is 0 Å². The summed E-state index contributed by atoms with van der Waals surface area (Å²) in [5, 5.41) is 8.66. The molecule has 88 valence electrons. The molecule has 0 aliphatic rings. The number of aromatic nitrogens is 2. The van der Waals surface area contributed by atoms with Crippen LogP contribution in [0.5, 0.6) is 0 Å². The number of carboxylic acid groups (broad SMARTS) is 1. The fourth-order valence-electron chi connectivity index (χ4n) is 1.26. The highest BCUT2D eigenvalue weighted by Crippen LogP contribution is 2.05. The van der Waals surface area contributed by atoms with Crippen LogP contribution in [0.4, 0.5) is 0 Å². The second kappa shape index (κ2) is 4.54. The van der Waals surface area contributed by atoms with Crippen molar-refractivity contribution in [1.82, 2.24) is 9.55 Å². The Hall–Kier alpha value is -1.89. The molecular formula is C10H7BrN2O4. The van der Waals surface area contributed by atoms with E-state index in [0.717, 1.165) is 6.26 Å². The summed E-state index contributed by atoms with van der Waals surface area (Å²) in [7, 11) is 0. The molecule has 6 nitrogen and oxygen atoms in total. The van der Waals surface area contributed by atoms with E-state index in [2.05, 4.69) is 20.9 Å². The highest BCUT2D eigenvalue weighted by Gasteiger charge is 2.11. The zero-order valence-corrected chi connectivity index (χ0v) is 10.0. The minimum atomic E-state index is -1.17. The molecule has 0 atom stereocenters. The van der Waals surface area contributed by atoms with Gasteiger partial charge in [-0.3, -0.25) is 4.79 Å². The first-order valence-electron chi connectivity index (χ1n) is 4.60. The van der Waals surface area contributed by atoms with E-state index >= 15 is 0 Å². The van der Waals surface area contributed by atoms with Crippen LogP contribution < -0.4 is 5.56 Å². The summed E-state index contributed by atoms with van der Waals surface area (Å²) >= 11 is 3.11. The van der Waals surface area contributed by atoms with Crippen LogP contribution in [-0.2, 0) is 6.54 Å². The molecule has 0 aliphatic heterocycles. The largest absolute Gasteiger partial charge is 0.476 e. The van der Waals surface area contributed by atoms with E-state index in [9.17, 15) is 9.59 Å². The van der Waals surface area contributed by atoms with Gasteiger partial charge in [0.25, 0.3) is 5.56 Å². The van der Waals surface area contributed by atoms with Gasteiger partial charge < -0.3 is 14.1 Å². The monoisotopic (exact) mass is 298 g/mol. The maximum atomic E-state index is 11.6. The average Bonchev–Trinajstić information content (AvgIpc) is 2.73. The summed E-state index contributed by atoms with van der Waals surface area (Å²) in [4.78, 5) is 26.0. The molecule has 1 N–H and O–H groups in total. The number of oxazole rings is 1. The summed E-state index contributed by atoms with van der Waals surface area (Å²) < 4.78 is 6.74. The number of pyridine rings is 1. The molecule has 0 saturated carbocycles. The van der Waals surface area contributed by atoms with Gasteiger partial charge in [0.2, 0.25) is 5.89 Å². The van der Waals surface area contributed by atoms with Gasteiger partial charge in [0.1, 0.15) is 12.8 Å². The van der Waals surface area contributed by atoms with Gasteiger partial charge in [0.05, 0.1) is 4.47 Å². The van der Waals surface area contributed by atoms with E-state index in [1.54, 1.807) is 18.3 Å². The van der Waals surface area contributed by atoms with Crippen molar-refractivity contribution in [2.45, 2.75) is 6.54 Å². The number of rotatable bonds is 3. The minimum Gasteiger partial charge on any atom is -0.476 e. The number of hydrogen-bond donors (Lipinski definition) is 1. The summed E-state index contributed by atoms with van der Waals surface area (Å²) in [5.41, 5.74) is -0.411. The van der Waals surface area contributed by atoms with Crippen LogP contribution in [0, 0.1) is 0 Å². The molecule has 0 unspecified atom stereocenters. The van der Waals surface area contributed by atoms with Crippen molar-refractivity contribution in [3.63, 3.8) is 0 Å². The lowest BCUT2D eigenvalue weighted by molar-refractivity contribution is 0.0690. The highest BCUT2D eigenvalue weighted by molar-refractivity contribution is 9.10. The first-order valence-corrected chi connectivity index (χ1v) is 5.40. The minimum absolute atomic E-state index is 0.0888. The van der Waals surface area contributed by atoms with Crippen molar-refractivity contribution in [2.75, 3.05) is 0 Å². The van der Waals surface area contributed by atoms with Gasteiger partial charge in [0, 0.05) is 6.20 Å². The van der Waals surface area contributed by atoms with Crippen molar-refractivity contribution in [1.29, 1.82) is 0 Å². The molecule has 0 bridgehead atoms. The number of halogens is 1. The number of hydrogen-bond acceptors (Lipinski definition) is 4. The van der Waals surface area contributed by atoms with Crippen molar-refractivity contribution in [3.8, 4) is 0 Å². The quantitative estimate of drug-likeness (QED) is 0.924. The standard InChI is InChI=1S/C10H7BrN2O4/c11-6-2-1-3-13(9(6)14)4-8-12-7(5-17-8)10(15)16/h1-3,5H,4H2,(H,15,16). The molecule has 0 amide bonds. The van der Waals surface area contributed by atoms with Crippen LogP contribution in [0.2, 0.25) is 0 Å². The third-order valence-electron chi connectivity index (χ3n) is 2.05. The molecule has 7 heteroatoms. The van der Waals surface area contributed by atoms with E-state index in [-0.39, 0.29) is 23.7 Å². The summed E-state index contributed by atoms with van der Waals surface area (Å²) in [6.45, 7) is 0.0888. The molecule has 2 aromatic rings. The third-order valence-corrected chi connectivity index (χ3v) is 2.65. The molecule has 2 heterocycles. The van der Waals surface area contributed by atoms with Gasteiger partial charge >= 0.3 is 5.97 Å². The molecule has 17 heavy (non-hydrogen) atoms. The summed E-state index contributed by atoms with van der Waals surface area (Å²) in [5.74, 6) is -0.996. The molecule has 2 rings (SSSR count). The van der Waals surface area contributed by atoms with Crippen LogP contribution >= 0.6 is 15.9 Å². The average molecular weight is 299 g/mol. The van der Waals surface area contributed by atoms with Crippen LogP contribution in [-0.4, -0.2) is 20.6 Å². The molecule has 0 spiro atoms. The Morgan fingerprint density at radius 2 is 2.35 bits per heavy atom. The Kier molecular flexibility index (Phi) is 3.10. The third kappa shape index (κ3) is 2.44. The van der Waals surface area contributed by atoms with E-state index in [1.807, 2.05) is 0 Å². The van der Waals surface area contributed by atoms with Crippen molar-refractivity contribution in [3.05, 3.63) is 51.0 Å². The Morgan fingerprint density at radius 1 is 1.59 bits per heavy atom. The molecule has 0 radical (unpaired) electrons. The van der Waals surface area contributed by atoms with Gasteiger partial charge in [0.15, 0.2) is 5.69 Å². The number of aromatic carboxylic acids is 1. The predicted molar refractivity (Wildman–Crippen MR) is 61.0 cm³/mol. The Bertz CT molecular complexity index is 617. The van der Waals surface area contributed by atoms with E-state index < -0.39 is 5.97 Å². The van der Waals surface area contributed by atoms with Crippen LogP contribution in [0.15, 0.2) is 38.3 Å². The topological polar surface area (TPSA) is 85.3 Å². The zero-order valence-electron chi connectivity index (χ0n) is 8.46. The fraction of sp³-hybridized carbons (Fsp3) is 0.100. The predicted octanol–water partition coefficient (Wildman–Crippen LogP) is 1.35. The molecule has 0 saturated heterocycles. The zero-order chi connectivity index (χ0) is 12.4. The number of carbonyl (C=O) groups is 1. The number of nitrogens with zero attached hydrogens (tertiary/aromatic N) is 2. The lowest BCUT2D eigenvalue weighted by atomic mass is 10.4. The van der Waals surface area contributed by atoms with Crippen molar-refractivity contribution >= 4 is 21.9 Å². The Labute approximate surface area is 104 Å². The van der Waals surface area contributed by atoms with Crippen LogP contribution in [0.3, 0.4) is 0 Å². The second-order valence-corrected chi connectivity index (χ2v) is 4.08. The first kappa shape index (κ1) is 11.6. The Balaban J connectivity index is 2.28. The van der Waals surface area contributed by atoms with Gasteiger partial charge in [-0.2, -0.15) is 0 Å². The van der Waals surface area contributed by atoms with Crippen molar-refractivity contribution < 1.29 is 14.3 Å². The molecular weight excluding hydrogens is 292 g/mol. The van der Waals surface area contributed by atoms with Crippen LogP contribution in [0.1, 0.15) is 16.4 Å². The van der Waals surface area contributed by atoms with E-state index in [0.29, 0.717) is 4.47 Å². The molecule has 0 aliphatic carbocycles. The van der Waals surface area contributed by atoms with Crippen molar-refractivity contribution in [2.24, 2.45) is 0 Å². The van der Waals surface area contributed by atoms with E-state index in [1.165, 1.54) is 4.57 Å². The molecule has 0 fully saturated rings. The first-order chi connectivity index (χ1) is 8.08. The van der Waals surface area contributed by atoms with Gasteiger partial charge in [-0.05, 0) is 28.1 Å². The van der Waals surface area contributed by atoms with Crippen LogP contribution in [0.25, 0.3) is 0 Å². The maximum Gasteiger partial charge on any atom is 0.357 e. The fourth-order valence-corrected chi connectivity index (χ4v) is 1.64.